The molecule has 1 N–H and O–H groups in total. The van der Waals surface area contributed by atoms with Crippen LogP contribution in [0.15, 0.2) is 19.9 Å². The van der Waals surface area contributed by atoms with Crippen molar-refractivity contribution in [2.45, 2.75) is 6.43 Å². The van der Waals surface area contributed by atoms with Crippen LogP contribution in [0.2, 0.25) is 0 Å². The Morgan fingerprint density at radius 2 is 2.00 bits per heavy atom. The Hall–Kier alpha value is -0.230. The maximum Gasteiger partial charge on any atom is 0.270 e. The fourth-order valence-corrected chi connectivity index (χ4v) is 1.49. The lowest BCUT2D eigenvalue weighted by Gasteiger charge is -2.02. The Morgan fingerprint density at radius 1 is 1.42 bits per heavy atom. The van der Waals surface area contributed by atoms with E-state index in [9.17, 15) is 13.6 Å². The Morgan fingerprint density at radius 3 is 2.42 bits per heavy atom. The first kappa shape index (κ1) is 9.85. The molecule has 2 nitrogen and oxygen atoms in total. The molecule has 66 valence electrons. The van der Waals surface area contributed by atoms with Gasteiger partial charge in [0.15, 0.2) is 0 Å². The zero-order valence-electron chi connectivity index (χ0n) is 5.57. The SMILES string of the molecule is O=c1[nH]cc(Br)c(Br)c1C(F)F. The minimum Gasteiger partial charge on any atom is -0.327 e. The number of alkyl halides is 2. The fraction of sp³-hybridized carbons (Fsp3) is 0.167. The van der Waals surface area contributed by atoms with Crippen molar-refractivity contribution in [1.29, 1.82) is 0 Å². The van der Waals surface area contributed by atoms with Crippen molar-refractivity contribution in [3.05, 3.63) is 31.1 Å². The number of pyridine rings is 1. The molecule has 1 aromatic heterocycles. The van der Waals surface area contributed by atoms with Gasteiger partial charge in [-0.2, -0.15) is 0 Å². The van der Waals surface area contributed by atoms with Gasteiger partial charge in [-0.05, 0) is 31.9 Å². The van der Waals surface area contributed by atoms with Crippen LogP contribution < -0.4 is 5.56 Å². The predicted molar refractivity (Wildman–Crippen MR) is 47.4 cm³/mol. The minimum atomic E-state index is -2.78. The standard InChI is InChI=1S/C6H3Br2F2NO/c7-2-1-11-6(12)3(4(2)8)5(9)10/h1,5H,(H,11,12). The highest BCUT2D eigenvalue weighted by Gasteiger charge is 2.17. The van der Waals surface area contributed by atoms with E-state index in [0.29, 0.717) is 4.47 Å². The molecule has 0 fully saturated rings. The van der Waals surface area contributed by atoms with Crippen molar-refractivity contribution in [3.63, 3.8) is 0 Å². The number of aromatic amines is 1. The van der Waals surface area contributed by atoms with Crippen molar-refractivity contribution >= 4 is 31.9 Å². The number of nitrogens with one attached hydrogen (secondary N) is 1. The van der Waals surface area contributed by atoms with Gasteiger partial charge < -0.3 is 4.98 Å². The first-order valence-electron chi connectivity index (χ1n) is 2.88. The molecule has 1 rings (SSSR count). The maximum absolute atomic E-state index is 12.2. The van der Waals surface area contributed by atoms with Crippen molar-refractivity contribution in [1.82, 2.24) is 4.98 Å². The molecular formula is C6H3Br2F2NO. The largest absolute Gasteiger partial charge is 0.327 e. The Bertz CT molecular complexity index is 350. The maximum atomic E-state index is 12.2. The van der Waals surface area contributed by atoms with Crippen LogP contribution in [-0.4, -0.2) is 4.98 Å². The molecule has 1 heterocycles. The summed E-state index contributed by atoms with van der Waals surface area (Å²) >= 11 is 5.88. The summed E-state index contributed by atoms with van der Waals surface area (Å²) in [5.74, 6) is 0. The lowest BCUT2D eigenvalue weighted by Crippen LogP contribution is -2.13. The average Bonchev–Trinajstić information content (AvgIpc) is 1.97. The monoisotopic (exact) mass is 301 g/mol. The van der Waals surface area contributed by atoms with Gasteiger partial charge >= 0.3 is 0 Å². The van der Waals surface area contributed by atoms with E-state index in [1.165, 1.54) is 6.20 Å². The van der Waals surface area contributed by atoms with E-state index in [-0.39, 0.29) is 4.47 Å². The molecule has 0 aliphatic rings. The topological polar surface area (TPSA) is 32.9 Å². The van der Waals surface area contributed by atoms with E-state index in [1.807, 2.05) is 0 Å². The number of hydrogen-bond acceptors (Lipinski definition) is 1. The van der Waals surface area contributed by atoms with E-state index in [2.05, 4.69) is 36.8 Å². The molecule has 0 saturated heterocycles. The molecule has 0 aliphatic carbocycles. The number of H-pyrrole nitrogens is 1. The summed E-state index contributed by atoms with van der Waals surface area (Å²) in [6.45, 7) is 0. The average molecular weight is 303 g/mol. The van der Waals surface area contributed by atoms with Gasteiger partial charge in [-0.1, -0.05) is 0 Å². The molecule has 0 spiro atoms. The van der Waals surface area contributed by atoms with E-state index < -0.39 is 17.5 Å². The molecule has 0 atom stereocenters. The number of hydrogen-bond donors (Lipinski definition) is 1. The molecular weight excluding hydrogens is 300 g/mol. The Labute approximate surface area is 83.2 Å². The number of aromatic nitrogens is 1. The van der Waals surface area contributed by atoms with Crippen LogP contribution in [0.4, 0.5) is 8.78 Å². The van der Waals surface area contributed by atoms with Gasteiger partial charge in [0.1, 0.15) is 0 Å². The Balaban J connectivity index is 3.43. The first-order chi connectivity index (χ1) is 5.54. The first-order valence-corrected chi connectivity index (χ1v) is 4.47. The fourth-order valence-electron chi connectivity index (χ4n) is 0.693. The summed E-state index contributed by atoms with van der Waals surface area (Å²) in [7, 11) is 0. The quantitative estimate of drug-likeness (QED) is 0.850. The molecule has 0 radical (unpaired) electrons. The molecule has 0 bridgehead atoms. The van der Waals surface area contributed by atoms with E-state index in [1.54, 1.807) is 0 Å². The summed E-state index contributed by atoms with van der Waals surface area (Å²) in [6, 6.07) is 0. The summed E-state index contributed by atoms with van der Waals surface area (Å²) in [5, 5.41) is 0. The molecule has 0 saturated carbocycles. The zero-order valence-corrected chi connectivity index (χ0v) is 8.75. The van der Waals surface area contributed by atoms with Crippen molar-refractivity contribution in [2.75, 3.05) is 0 Å². The van der Waals surface area contributed by atoms with Gasteiger partial charge in [0.25, 0.3) is 12.0 Å². The van der Waals surface area contributed by atoms with Gasteiger partial charge in [-0.15, -0.1) is 0 Å². The third kappa shape index (κ3) is 1.74. The minimum absolute atomic E-state index is 0.0984. The molecule has 0 aliphatic heterocycles. The zero-order chi connectivity index (χ0) is 9.30. The highest BCUT2D eigenvalue weighted by molar-refractivity contribution is 9.13. The normalized spacial score (nSPS) is 10.8. The smallest absolute Gasteiger partial charge is 0.270 e. The highest BCUT2D eigenvalue weighted by Crippen LogP contribution is 2.29. The summed E-state index contributed by atoms with van der Waals surface area (Å²) in [4.78, 5) is 13.0. The van der Waals surface area contributed by atoms with Crippen LogP contribution in [0.25, 0.3) is 0 Å². The molecule has 0 aromatic carbocycles. The van der Waals surface area contributed by atoms with Gasteiger partial charge in [0.05, 0.1) is 5.56 Å². The van der Waals surface area contributed by atoms with Crippen LogP contribution >= 0.6 is 31.9 Å². The molecule has 0 unspecified atom stereocenters. The van der Waals surface area contributed by atoms with Crippen molar-refractivity contribution in [2.24, 2.45) is 0 Å². The third-order valence-electron chi connectivity index (χ3n) is 1.24. The van der Waals surface area contributed by atoms with Gasteiger partial charge in [0.2, 0.25) is 0 Å². The molecule has 0 amide bonds. The van der Waals surface area contributed by atoms with E-state index in [0.717, 1.165) is 0 Å². The number of rotatable bonds is 1. The van der Waals surface area contributed by atoms with Gasteiger partial charge in [0, 0.05) is 15.1 Å². The van der Waals surface area contributed by atoms with Crippen LogP contribution in [-0.2, 0) is 0 Å². The van der Waals surface area contributed by atoms with Gasteiger partial charge in [-0.3, -0.25) is 4.79 Å². The summed E-state index contributed by atoms with van der Waals surface area (Å²) < 4.78 is 24.9. The third-order valence-corrected chi connectivity index (χ3v) is 3.25. The summed E-state index contributed by atoms with van der Waals surface area (Å²) in [6.07, 6.45) is -1.47. The number of halogens is 4. The second-order valence-corrected chi connectivity index (χ2v) is 3.64. The molecule has 12 heavy (non-hydrogen) atoms. The van der Waals surface area contributed by atoms with E-state index in [4.69, 9.17) is 0 Å². The highest BCUT2D eigenvalue weighted by atomic mass is 79.9. The van der Waals surface area contributed by atoms with Crippen LogP contribution in [0.3, 0.4) is 0 Å². The van der Waals surface area contributed by atoms with Crippen molar-refractivity contribution in [3.8, 4) is 0 Å². The Kier molecular flexibility index (Phi) is 3.00. The van der Waals surface area contributed by atoms with Crippen molar-refractivity contribution < 1.29 is 8.78 Å². The second kappa shape index (κ2) is 3.66. The lowest BCUT2D eigenvalue weighted by molar-refractivity contribution is 0.148. The van der Waals surface area contributed by atoms with E-state index >= 15 is 0 Å². The second-order valence-electron chi connectivity index (χ2n) is 1.99. The molecule has 1 aromatic rings. The predicted octanol–water partition coefficient (Wildman–Crippen LogP) is 2.84. The van der Waals surface area contributed by atoms with Crippen LogP contribution in [0.5, 0.6) is 0 Å². The van der Waals surface area contributed by atoms with Crippen LogP contribution in [0, 0.1) is 0 Å². The molecule has 6 heteroatoms. The van der Waals surface area contributed by atoms with Crippen LogP contribution in [0.1, 0.15) is 12.0 Å². The summed E-state index contributed by atoms with van der Waals surface area (Å²) in [5.41, 5.74) is -1.33. The lowest BCUT2D eigenvalue weighted by atomic mass is 10.3. The van der Waals surface area contributed by atoms with Gasteiger partial charge in [-0.25, -0.2) is 8.78 Å².